The van der Waals surface area contributed by atoms with Gasteiger partial charge < -0.3 is 10.5 Å². The molecule has 0 aliphatic heterocycles. The van der Waals surface area contributed by atoms with Crippen LogP contribution in [-0.2, 0) is 6.42 Å². The van der Waals surface area contributed by atoms with E-state index in [2.05, 4.69) is 10.1 Å². The summed E-state index contributed by atoms with van der Waals surface area (Å²) in [6.07, 6.45) is 0.454. The zero-order valence-corrected chi connectivity index (χ0v) is 16.3. The number of ether oxygens (including phenoxy) is 1. The Labute approximate surface area is 166 Å². The van der Waals surface area contributed by atoms with Crippen molar-refractivity contribution in [2.75, 3.05) is 13.2 Å². The molecule has 0 aliphatic rings. The SMILES string of the molecule is Cc1cc(-c2csc3nc(=O)c(Cc4ccccc4)nn23)ccc1OCCN. The lowest BCUT2D eigenvalue weighted by Gasteiger charge is -2.10. The number of hydrogen-bond acceptors (Lipinski definition) is 6. The fourth-order valence-electron chi connectivity index (χ4n) is 3.03. The second kappa shape index (κ2) is 7.92. The predicted octanol–water partition coefficient (Wildman–Crippen LogP) is 3.05. The fraction of sp³-hybridized carbons (Fsp3) is 0.190. The summed E-state index contributed by atoms with van der Waals surface area (Å²) >= 11 is 1.40. The Morgan fingerprint density at radius 3 is 2.75 bits per heavy atom. The third kappa shape index (κ3) is 3.67. The van der Waals surface area contributed by atoms with Crippen LogP contribution in [0.2, 0.25) is 0 Å². The van der Waals surface area contributed by atoms with Crippen LogP contribution in [0.3, 0.4) is 0 Å². The third-order valence-corrected chi connectivity index (χ3v) is 5.23. The Bertz CT molecular complexity index is 1170. The molecule has 7 heteroatoms. The van der Waals surface area contributed by atoms with Crippen LogP contribution in [0, 0.1) is 6.92 Å². The molecule has 0 unspecified atom stereocenters. The summed E-state index contributed by atoms with van der Waals surface area (Å²) in [4.78, 5) is 17.2. The van der Waals surface area contributed by atoms with E-state index in [1.54, 1.807) is 4.52 Å². The average molecular weight is 392 g/mol. The summed E-state index contributed by atoms with van der Waals surface area (Å²) in [5.41, 5.74) is 9.60. The first-order valence-electron chi connectivity index (χ1n) is 9.01. The fourth-order valence-corrected chi connectivity index (χ4v) is 3.85. The van der Waals surface area contributed by atoms with Crippen molar-refractivity contribution < 1.29 is 4.74 Å². The molecular formula is C21H20N4O2S. The van der Waals surface area contributed by atoms with Crippen LogP contribution in [0.1, 0.15) is 16.8 Å². The molecule has 28 heavy (non-hydrogen) atoms. The number of nitrogens with zero attached hydrogens (tertiary/aromatic N) is 3. The van der Waals surface area contributed by atoms with E-state index >= 15 is 0 Å². The molecule has 0 bridgehead atoms. The van der Waals surface area contributed by atoms with E-state index in [-0.39, 0.29) is 5.56 Å². The quantitative estimate of drug-likeness (QED) is 0.545. The highest BCUT2D eigenvalue weighted by atomic mass is 32.1. The van der Waals surface area contributed by atoms with Crippen LogP contribution in [0.4, 0.5) is 0 Å². The van der Waals surface area contributed by atoms with Gasteiger partial charge in [-0.1, -0.05) is 30.3 Å². The van der Waals surface area contributed by atoms with E-state index in [0.717, 1.165) is 28.1 Å². The monoisotopic (exact) mass is 392 g/mol. The Hall–Kier alpha value is -3.03. The highest BCUT2D eigenvalue weighted by Gasteiger charge is 2.13. The van der Waals surface area contributed by atoms with E-state index in [1.807, 2.05) is 60.8 Å². The van der Waals surface area contributed by atoms with Gasteiger partial charge in [-0.15, -0.1) is 11.3 Å². The summed E-state index contributed by atoms with van der Waals surface area (Å²) in [5, 5.41) is 6.58. The number of nitrogens with two attached hydrogens (primary N) is 1. The van der Waals surface area contributed by atoms with Gasteiger partial charge >= 0.3 is 0 Å². The Balaban J connectivity index is 1.73. The van der Waals surface area contributed by atoms with Crippen LogP contribution in [0.5, 0.6) is 5.75 Å². The maximum Gasteiger partial charge on any atom is 0.296 e. The van der Waals surface area contributed by atoms with Gasteiger partial charge in [-0.25, -0.2) is 4.52 Å². The summed E-state index contributed by atoms with van der Waals surface area (Å²) in [5.74, 6) is 0.816. The minimum absolute atomic E-state index is 0.279. The Morgan fingerprint density at radius 2 is 2.00 bits per heavy atom. The van der Waals surface area contributed by atoms with Crippen LogP contribution >= 0.6 is 11.3 Å². The number of benzene rings is 2. The minimum atomic E-state index is -0.279. The largest absolute Gasteiger partial charge is 0.492 e. The molecule has 0 fully saturated rings. The van der Waals surface area contributed by atoms with Gasteiger partial charge in [0, 0.05) is 23.9 Å². The van der Waals surface area contributed by atoms with Gasteiger partial charge in [0.15, 0.2) is 0 Å². The van der Waals surface area contributed by atoms with Crippen molar-refractivity contribution in [1.29, 1.82) is 0 Å². The molecule has 2 aromatic carbocycles. The maximum absolute atomic E-state index is 12.4. The van der Waals surface area contributed by atoms with Crippen LogP contribution in [-0.4, -0.2) is 27.7 Å². The van der Waals surface area contributed by atoms with Gasteiger partial charge in [0.25, 0.3) is 5.56 Å². The van der Waals surface area contributed by atoms with E-state index in [0.29, 0.717) is 30.2 Å². The number of aryl methyl sites for hydroxylation is 1. The van der Waals surface area contributed by atoms with Crippen molar-refractivity contribution in [3.05, 3.63) is 81.1 Å². The minimum Gasteiger partial charge on any atom is -0.492 e. The smallest absolute Gasteiger partial charge is 0.296 e. The number of hydrogen-bond donors (Lipinski definition) is 1. The molecule has 0 saturated heterocycles. The number of fused-ring (bicyclic) bond motifs is 1. The van der Waals surface area contributed by atoms with Gasteiger partial charge in [-0.05, 0) is 36.2 Å². The van der Waals surface area contributed by atoms with Crippen LogP contribution < -0.4 is 16.0 Å². The van der Waals surface area contributed by atoms with Gasteiger partial charge in [-0.3, -0.25) is 4.79 Å². The van der Waals surface area contributed by atoms with Gasteiger partial charge in [-0.2, -0.15) is 10.1 Å². The first kappa shape index (κ1) is 18.3. The van der Waals surface area contributed by atoms with Crippen molar-refractivity contribution in [2.24, 2.45) is 5.73 Å². The molecule has 0 aliphatic carbocycles. The second-order valence-electron chi connectivity index (χ2n) is 6.46. The highest BCUT2D eigenvalue weighted by molar-refractivity contribution is 7.15. The Morgan fingerprint density at radius 1 is 1.18 bits per heavy atom. The summed E-state index contributed by atoms with van der Waals surface area (Å²) in [6.45, 7) is 2.96. The molecule has 0 radical (unpaired) electrons. The van der Waals surface area contributed by atoms with E-state index in [9.17, 15) is 4.79 Å². The Kier molecular flexibility index (Phi) is 5.18. The van der Waals surface area contributed by atoms with E-state index in [4.69, 9.17) is 10.5 Å². The van der Waals surface area contributed by atoms with Gasteiger partial charge in [0.2, 0.25) is 4.96 Å². The first-order chi connectivity index (χ1) is 13.7. The van der Waals surface area contributed by atoms with Crippen molar-refractivity contribution >= 4 is 16.3 Å². The van der Waals surface area contributed by atoms with Crippen molar-refractivity contribution in [1.82, 2.24) is 14.6 Å². The van der Waals surface area contributed by atoms with Crippen molar-refractivity contribution in [3.8, 4) is 17.0 Å². The third-order valence-electron chi connectivity index (χ3n) is 4.41. The molecule has 0 amide bonds. The number of rotatable bonds is 6. The predicted molar refractivity (Wildman–Crippen MR) is 111 cm³/mol. The highest BCUT2D eigenvalue weighted by Crippen LogP contribution is 2.28. The maximum atomic E-state index is 12.4. The molecule has 4 rings (SSSR count). The van der Waals surface area contributed by atoms with Gasteiger partial charge in [0.05, 0.1) is 5.69 Å². The standard InChI is InChI=1S/C21H20N4O2S/c1-14-11-16(7-8-19(14)27-10-9-22)18-13-28-21-23-20(26)17(24-25(18)21)12-15-5-3-2-4-6-15/h2-8,11,13H,9-10,12,22H2,1H3. The first-order valence-corrected chi connectivity index (χ1v) is 9.89. The molecule has 0 saturated carbocycles. The van der Waals surface area contributed by atoms with E-state index in [1.165, 1.54) is 11.3 Å². The van der Waals surface area contributed by atoms with Crippen molar-refractivity contribution in [2.45, 2.75) is 13.3 Å². The lowest BCUT2D eigenvalue weighted by Crippen LogP contribution is -2.18. The number of aromatic nitrogens is 3. The normalized spacial score (nSPS) is 11.1. The molecule has 0 atom stereocenters. The molecule has 0 spiro atoms. The van der Waals surface area contributed by atoms with E-state index < -0.39 is 0 Å². The topological polar surface area (TPSA) is 82.5 Å². The molecular weight excluding hydrogens is 372 g/mol. The molecule has 2 N–H and O–H groups in total. The van der Waals surface area contributed by atoms with Crippen molar-refractivity contribution in [3.63, 3.8) is 0 Å². The summed E-state index contributed by atoms with van der Waals surface area (Å²) < 4.78 is 7.40. The summed E-state index contributed by atoms with van der Waals surface area (Å²) in [6, 6.07) is 15.8. The molecule has 6 nitrogen and oxygen atoms in total. The molecule has 2 aromatic heterocycles. The van der Waals surface area contributed by atoms with Crippen LogP contribution in [0.15, 0.2) is 58.7 Å². The molecule has 2 heterocycles. The molecule has 4 aromatic rings. The zero-order valence-electron chi connectivity index (χ0n) is 15.5. The average Bonchev–Trinajstić information content (AvgIpc) is 3.10. The van der Waals surface area contributed by atoms with Gasteiger partial charge in [0.1, 0.15) is 18.1 Å². The molecule has 142 valence electrons. The zero-order chi connectivity index (χ0) is 19.5. The lowest BCUT2D eigenvalue weighted by molar-refractivity contribution is 0.326. The lowest BCUT2D eigenvalue weighted by atomic mass is 10.1. The van der Waals surface area contributed by atoms with Crippen LogP contribution in [0.25, 0.3) is 16.2 Å². The number of thiazole rings is 1. The summed E-state index contributed by atoms with van der Waals surface area (Å²) in [7, 11) is 0. The second-order valence-corrected chi connectivity index (χ2v) is 7.30.